The van der Waals surface area contributed by atoms with Crippen LogP contribution in [0, 0.1) is 0 Å². The van der Waals surface area contributed by atoms with Crippen molar-refractivity contribution in [1.82, 2.24) is 4.90 Å². The minimum absolute atomic E-state index is 0.0131. The van der Waals surface area contributed by atoms with E-state index in [4.69, 9.17) is 15.1 Å². The molecule has 1 fully saturated rings. The molecule has 1 aromatic carbocycles. The monoisotopic (exact) mass is 408 g/mol. The third-order valence-corrected chi connectivity index (χ3v) is 6.49. The van der Waals surface area contributed by atoms with E-state index in [0.717, 1.165) is 25.8 Å². The first kappa shape index (κ1) is 20.8. The molecule has 28 heavy (non-hydrogen) atoms. The highest BCUT2D eigenvalue weighted by Crippen LogP contribution is 2.38. The van der Waals surface area contributed by atoms with Crippen LogP contribution in [0.3, 0.4) is 0 Å². The van der Waals surface area contributed by atoms with Crippen molar-refractivity contribution in [2.45, 2.75) is 36.9 Å². The van der Waals surface area contributed by atoms with Gasteiger partial charge in [0.1, 0.15) is 17.1 Å². The number of carboxylic acids is 1. The first-order valence-electron chi connectivity index (χ1n) is 9.35. The Kier molecular flexibility index (Phi) is 6.74. The fraction of sp³-hybridized carbons (Fsp3) is 0.556. The lowest BCUT2D eigenvalue weighted by Crippen LogP contribution is -2.49. The van der Waals surface area contributed by atoms with Gasteiger partial charge < -0.3 is 30.2 Å². The minimum Gasteiger partial charge on any atom is -0.534 e. The van der Waals surface area contributed by atoms with E-state index in [1.165, 1.54) is 18.9 Å². The third kappa shape index (κ3) is 4.23. The summed E-state index contributed by atoms with van der Waals surface area (Å²) in [5.41, 5.74) is 6.36. The number of nitrogens with zero attached hydrogens (tertiary/aromatic N) is 1. The molecule has 8 nitrogen and oxygen atoms in total. The Labute approximate surface area is 168 Å². The number of likely N-dealkylation sites (tertiary alicyclic amines) is 1. The van der Waals surface area contributed by atoms with Crippen molar-refractivity contribution in [1.29, 1.82) is 0 Å². The van der Waals surface area contributed by atoms with E-state index in [-0.39, 0.29) is 39.9 Å². The molecule has 2 aliphatic heterocycles. The van der Waals surface area contributed by atoms with E-state index in [0.29, 0.717) is 18.5 Å². The normalized spacial score (nSPS) is 21.7. The number of carboxylic acid groups (broad SMARTS) is 1. The number of hydrogen-bond donors (Lipinski definition) is 3. The predicted molar refractivity (Wildman–Crippen MR) is 107 cm³/mol. The molecule has 3 rings (SSSR count). The maximum absolute atomic E-state index is 12.6. The van der Waals surface area contributed by atoms with Crippen LogP contribution in [0.5, 0.6) is 11.5 Å². The fourth-order valence-corrected chi connectivity index (χ4v) is 4.81. The van der Waals surface area contributed by atoms with E-state index in [1.54, 1.807) is 12.1 Å². The third-order valence-electron chi connectivity index (χ3n) is 5.25. The second kappa shape index (κ2) is 9.06. The van der Waals surface area contributed by atoms with Crippen LogP contribution in [0.1, 0.15) is 35.2 Å². The molecule has 0 saturated carbocycles. The van der Waals surface area contributed by atoms with Crippen molar-refractivity contribution in [3.8, 4) is 11.5 Å². The van der Waals surface area contributed by atoms with Gasteiger partial charge >= 0.3 is 13.1 Å². The van der Waals surface area contributed by atoms with E-state index < -0.39 is 13.1 Å². The zero-order valence-corrected chi connectivity index (χ0v) is 16.6. The molecule has 1 amide bonds. The van der Waals surface area contributed by atoms with Crippen LogP contribution in [-0.4, -0.2) is 71.2 Å². The van der Waals surface area contributed by atoms with Crippen LogP contribution in [0.25, 0.3) is 0 Å². The lowest BCUT2D eigenvalue weighted by molar-refractivity contribution is -0.131. The summed E-state index contributed by atoms with van der Waals surface area (Å²) in [5, 5.41) is 19.5. The van der Waals surface area contributed by atoms with Crippen molar-refractivity contribution in [2.24, 2.45) is 5.73 Å². The summed E-state index contributed by atoms with van der Waals surface area (Å²) in [5.74, 6) is -0.641. The summed E-state index contributed by atoms with van der Waals surface area (Å²) in [4.78, 5) is 26.0. The number of thioether (sulfide) groups is 1. The number of ether oxygens (including phenoxy) is 1. The number of amides is 1. The predicted octanol–water partition coefficient (Wildman–Crippen LogP) is 0.790. The molecule has 152 valence electrons. The standard InChI is InChI=1S/C18H25BN2O6S/c1-26-13-6-5-11-8-14(19(25)27-17(11)16(13)18(23)24)28-10-15(22)21-7-3-2-4-12(21)9-20/h5-6,12,14,25H,2-4,7-10,20H2,1H3,(H,23,24)/t12?,14-/m0/s1. The number of benzene rings is 1. The van der Waals surface area contributed by atoms with Crippen LogP contribution >= 0.6 is 11.8 Å². The number of methoxy groups -OCH3 is 1. The van der Waals surface area contributed by atoms with Gasteiger partial charge in [0.15, 0.2) is 0 Å². The smallest absolute Gasteiger partial charge is 0.534 e. The molecule has 1 saturated heterocycles. The maximum Gasteiger partial charge on any atom is 0.536 e. The van der Waals surface area contributed by atoms with Crippen LogP contribution in [-0.2, 0) is 11.2 Å². The van der Waals surface area contributed by atoms with Gasteiger partial charge in [-0.25, -0.2) is 4.79 Å². The van der Waals surface area contributed by atoms with Gasteiger partial charge in [-0.3, -0.25) is 4.79 Å². The number of aromatic carboxylic acids is 1. The van der Waals surface area contributed by atoms with Crippen molar-refractivity contribution in [3.63, 3.8) is 0 Å². The highest BCUT2D eigenvalue weighted by atomic mass is 32.2. The number of hydrogen-bond acceptors (Lipinski definition) is 7. The second-order valence-corrected chi connectivity index (χ2v) is 8.20. The van der Waals surface area contributed by atoms with Gasteiger partial charge in [-0.1, -0.05) is 6.07 Å². The molecule has 0 aliphatic carbocycles. The lowest BCUT2D eigenvalue weighted by atomic mass is 9.77. The van der Waals surface area contributed by atoms with Gasteiger partial charge in [-0.15, -0.1) is 11.8 Å². The zero-order chi connectivity index (χ0) is 20.3. The molecule has 4 N–H and O–H groups in total. The summed E-state index contributed by atoms with van der Waals surface area (Å²) in [7, 11) is 0.176. The van der Waals surface area contributed by atoms with E-state index in [9.17, 15) is 19.7 Å². The summed E-state index contributed by atoms with van der Waals surface area (Å²) in [6.07, 6.45) is 3.39. The number of fused-ring (bicyclic) bond motifs is 1. The number of rotatable bonds is 6. The van der Waals surface area contributed by atoms with Crippen molar-refractivity contribution in [3.05, 3.63) is 23.3 Å². The van der Waals surface area contributed by atoms with E-state index in [2.05, 4.69) is 0 Å². The van der Waals surface area contributed by atoms with Gasteiger partial charge in [0.05, 0.1) is 18.0 Å². The SMILES string of the molecule is COc1ccc2c(c1C(=O)O)OB(O)[C@@H](SCC(=O)N1CCCCC1CN)C2. The molecule has 10 heteroatoms. The Morgan fingerprint density at radius 1 is 1.43 bits per heavy atom. The second-order valence-electron chi connectivity index (χ2n) is 6.97. The van der Waals surface area contributed by atoms with E-state index in [1.807, 2.05) is 4.90 Å². The first-order chi connectivity index (χ1) is 13.5. The quantitative estimate of drug-likeness (QED) is 0.591. The summed E-state index contributed by atoms with van der Waals surface area (Å²) in [6.45, 7) is 1.17. The van der Waals surface area contributed by atoms with Crippen LogP contribution in [0.4, 0.5) is 0 Å². The average molecular weight is 408 g/mol. The van der Waals surface area contributed by atoms with Crippen LogP contribution < -0.4 is 15.1 Å². The molecule has 1 unspecified atom stereocenters. The summed E-state index contributed by atoms with van der Waals surface area (Å²) in [6, 6.07) is 3.40. The molecule has 0 spiro atoms. The number of carbonyl (C=O) groups excluding carboxylic acids is 1. The topological polar surface area (TPSA) is 122 Å². The molecular weight excluding hydrogens is 383 g/mol. The highest BCUT2D eigenvalue weighted by molar-refractivity contribution is 8.01. The Balaban J connectivity index is 1.68. The molecule has 2 aliphatic rings. The Hall–Kier alpha value is -1.91. The fourth-order valence-electron chi connectivity index (χ4n) is 3.77. The minimum atomic E-state index is -1.21. The van der Waals surface area contributed by atoms with Gasteiger partial charge in [0, 0.05) is 19.1 Å². The summed E-state index contributed by atoms with van der Waals surface area (Å²) >= 11 is 1.32. The number of carbonyl (C=O) groups is 2. The van der Waals surface area contributed by atoms with Crippen molar-refractivity contribution in [2.75, 3.05) is 26.0 Å². The van der Waals surface area contributed by atoms with Crippen LogP contribution in [0.15, 0.2) is 12.1 Å². The number of piperidine rings is 1. The van der Waals surface area contributed by atoms with Crippen molar-refractivity contribution < 1.29 is 29.1 Å². The Bertz CT molecular complexity index is 749. The molecule has 0 radical (unpaired) electrons. The van der Waals surface area contributed by atoms with Crippen molar-refractivity contribution >= 4 is 30.8 Å². The largest absolute Gasteiger partial charge is 0.536 e. The number of nitrogens with two attached hydrogens (primary N) is 1. The molecule has 2 atom stereocenters. The van der Waals surface area contributed by atoms with Gasteiger partial charge in [0.2, 0.25) is 5.91 Å². The summed E-state index contributed by atoms with van der Waals surface area (Å²) < 4.78 is 10.6. The molecule has 1 aromatic rings. The lowest BCUT2D eigenvalue weighted by Gasteiger charge is -2.35. The zero-order valence-electron chi connectivity index (χ0n) is 15.8. The highest BCUT2D eigenvalue weighted by Gasteiger charge is 2.39. The Morgan fingerprint density at radius 2 is 2.21 bits per heavy atom. The average Bonchev–Trinajstić information content (AvgIpc) is 2.70. The van der Waals surface area contributed by atoms with Crippen LogP contribution in [0.2, 0.25) is 0 Å². The van der Waals surface area contributed by atoms with E-state index >= 15 is 0 Å². The molecule has 2 heterocycles. The van der Waals surface area contributed by atoms with Gasteiger partial charge in [-0.2, -0.15) is 0 Å². The molecule has 0 bridgehead atoms. The Morgan fingerprint density at radius 3 is 2.89 bits per heavy atom. The maximum atomic E-state index is 12.6. The first-order valence-corrected chi connectivity index (χ1v) is 10.4. The van der Waals surface area contributed by atoms with Gasteiger partial charge in [0.25, 0.3) is 0 Å². The van der Waals surface area contributed by atoms with Gasteiger partial charge in [-0.05, 0) is 37.3 Å². The molecule has 0 aromatic heterocycles. The molecular formula is C18H25BN2O6S.